The SMILES string of the molecule is Cc1cc(C)c2nc(C3CC3)cc(C(=O)N3CCOC(C(=O)O)C3)c2c1. The molecule has 1 N–H and O–H groups in total. The molecule has 0 radical (unpaired) electrons. The first-order chi connectivity index (χ1) is 12.4. The molecule has 26 heavy (non-hydrogen) atoms. The number of aromatic nitrogens is 1. The molecule has 2 fully saturated rings. The van der Waals surface area contributed by atoms with E-state index in [-0.39, 0.29) is 19.1 Å². The van der Waals surface area contributed by atoms with Crippen LogP contribution in [0.5, 0.6) is 0 Å². The number of carboxylic acid groups (broad SMARTS) is 1. The minimum atomic E-state index is -1.03. The predicted octanol–water partition coefficient (Wildman–Crippen LogP) is 2.65. The first kappa shape index (κ1) is 17.0. The highest BCUT2D eigenvalue weighted by molar-refractivity contribution is 6.07. The predicted molar refractivity (Wildman–Crippen MR) is 96.5 cm³/mol. The molecule has 0 bridgehead atoms. The van der Waals surface area contributed by atoms with Gasteiger partial charge >= 0.3 is 5.97 Å². The first-order valence-electron chi connectivity index (χ1n) is 8.99. The van der Waals surface area contributed by atoms with Crippen LogP contribution >= 0.6 is 0 Å². The highest BCUT2D eigenvalue weighted by atomic mass is 16.5. The number of carboxylic acids is 1. The van der Waals surface area contributed by atoms with Crippen LogP contribution in [-0.4, -0.2) is 52.7 Å². The number of aryl methyl sites for hydroxylation is 2. The maximum Gasteiger partial charge on any atom is 0.334 e. The van der Waals surface area contributed by atoms with E-state index in [2.05, 4.69) is 6.07 Å². The van der Waals surface area contributed by atoms with E-state index in [0.29, 0.717) is 18.0 Å². The van der Waals surface area contributed by atoms with E-state index in [1.165, 1.54) is 0 Å². The quantitative estimate of drug-likeness (QED) is 0.917. The lowest BCUT2D eigenvalue weighted by Crippen LogP contribution is -2.48. The largest absolute Gasteiger partial charge is 0.479 e. The van der Waals surface area contributed by atoms with Gasteiger partial charge in [-0.15, -0.1) is 0 Å². The Kier molecular flexibility index (Phi) is 4.15. The topological polar surface area (TPSA) is 79.7 Å². The maximum atomic E-state index is 13.2. The number of ether oxygens (including phenoxy) is 1. The van der Waals surface area contributed by atoms with E-state index in [1.807, 2.05) is 26.0 Å². The zero-order chi connectivity index (χ0) is 18.4. The highest BCUT2D eigenvalue weighted by Crippen LogP contribution is 2.40. The Bertz CT molecular complexity index is 904. The van der Waals surface area contributed by atoms with Gasteiger partial charge in [-0.1, -0.05) is 11.6 Å². The van der Waals surface area contributed by atoms with Gasteiger partial charge in [0.25, 0.3) is 5.91 Å². The molecule has 2 aromatic rings. The fraction of sp³-hybridized carbons (Fsp3) is 0.450. The minimum absolute atomic E-state index is 0.0710. The molecular weight excluding hydrogens is 332 g/mol. The van der Waals surface area contributed by atoms with Crippen molar-refractivity contribution in [3.8, 4) is 0 Å². The molecule has 6 heteroatoms. The molecule has 1 amide bonds. The van der Waals surface area contributed by atoms with Crippen LogP contribution < -0.4 is 0 Å². The van der Waals surface area contributed by atoms with Crippen LogP contribution in [0.1, 0.15) is 45.9 Å². The van der Waals surface area contributed by atoms with Gasteiger partial charge in [0, 0.05) is 23.5 Å². The lowest BCUT2D eigenvalue weighted by Gasteiger charge is -2.31. The molecule has 1 aromatic carbocycles. The van der Waals surface area contributed by atoms with Crippen molar-refractivity contribution in [3.63, 3.8) is 0 Å². The molecule has 6 nitrogen and oxygen atoms in total. The minimum Gasteiger partial charge on any atom is -0.479 e. The van der Waals surface area contributed by atoms with Gasteiger partial charge < -0.3 is 14.7 Å². The van der Waals surface area contributed by atoms with Crippen molar-refractivity contribution >= 4 is 22.8 Å². The number of carbonyl (C=O) groups excluding carboxylic acids is 1. The van der Waals surface area contributed by atoms with Crippen molar-refractivity contribution in [1.29, 1.82) is 0 Å². The van der Waals surface area contributed by atoms with Crippen molar-refractivity contribution in [2.24, 2.45) is 0 Å². The summed E-state index contributed by atoms with van der Waals surface area (Å²) in [6.07, 6.45) is 1.25. The molecule has 1 saturated carbocycles. The second-order valence-electron chi connectivity index (χ2n) is 7.30. The van der Waals surface area contributed by atoms with Crippen molar-refractivity contribution in [2.75, 3.05) is 19.7 Å². The number of benzene rings is 1. The fourth-order valence-corrected chi connectivity index (χ4v) is 3.62. The lowest BCUT2D eigenvalue weighted by molar-refractivity contribution is -0.154. The third-order valence-electron chi connectivity index (χ3n) is 5.12. The normalized spacial score (nSPS) is 20.4. The average molecular weight is 354 g/mol. The van der Waals surface area contributed by atoms with Crippen LogP contribution in [0.2, 0.25) is 0 Å². The van der Waals surface area contributed by atoms with Crippen molar-refractivity contribution in [2.45, 2.75) is 38.7 Å². The van der Waals surface area contributed by atoms with Gasteiger partial charge in [-0.2, -0.15) is 0 Å². The number of rotatable bonds is 3. The summed E-state index contributed by atoms with van der Waals surface area (Å²) < 4.78 is 5.25. The number of pyridine rings is 1. The van der Waals surface area contributed by atoms with E-state index < -0.39 is 12.1 Å². The molecule has 1 aromatic heterocycles. The van der Waals surface area contributed by atoms with Crippen LogP contribution in [0, 0.1) is 13.8 Å². The number of carbonyl (C=O) groups is 2. The molecular formula is C20H22N2O4. The van der Waals surface area contributed by atoms with E-state index in [0.717, 1.165) is 40.6 Å². The molecule has 1 unspecified atom stereocenters. The van der Waals surface area contributed by atoms with Gasteiger partial charge in [0.15, 0.2) is 6.10 Å². The molecule has 136 valence electrons. The van der Waals surface area contributed by atoms with Gasteiger partial charge in [0.2, 0.25) is 0 Å². The molecule has 1 atom stereocenters. The number of hydrogen-bond acceptors (Lipinski definition) is 4. The zero-order valence-corrected chi connectivity index (χ0v) is 15.0. The smallest absolute Gasteiger partial charge is 0.334 e. The van der Waals surface area contributed by atoms with Crippen molar-refractivity contribution in [3.05, 3.63) is 40.6 Å². The average Bonchev–Trinajstić information content (AvgIpc) is 3.45. The van der Waals surface area contributed by atoms with Gasteiger partial charge in [-0.3, -0.25) is 9.78 Å². The number of hydrogen-bond donors (Lipinski definition) is 1. The van der Waals surface area contributed by atoms with E-state index in [1.54, 1.807) is 4.90 Å². The highest BCUT2D eigenvalue weighted by Gasteiger charge is 2.32. The maximum absolute atomic E-state index is 13.2. The molecule has 4 rings (SSSR count). The fourth-order valence-electron chi connectivity index (χ4n) is 3.62. The molecule has 1 saturated heterocycles. The van der Waals surface area contributed by atoms with Crippen LogP contribution in [0.15, 0.2) is 18.2 Å². The summed E-state index contributed by atoms with van der Waals surface area (Å²) in [5, 5.41) is 10.0. The summed E-state index contributed by atoms with van der Waals surface area (Å²) in [6.45, 7) is 4.73. The molecule has 2 aliphatic rings. The van der Waals surface area contributed by atoms with E-state index in [4.69, 9.17) is 9.72 Å². The Hall–Kier alpha value is -2.47. The van der Waals surface area contributed by atoms with E-state index in [9.17, 15) is 14.7 Å². The zero-order valence-electron chi connectivity index (χ0n) is 15.0. The van der Waals surface area contributed by atoms with Gasteiger partial charge in [0.05, 0.1) is 24.2 Å². The third-order valence-corrected chi connectivity index (χ3v) is 5.12. The Balaban J connectivity index is 1.79. The summed E-state index contributed by atoms with van der Waals surface area (Å²) in [6, 6.07) is 5.98. The Morgan fingerprint density at radius 3 is 2.69 bits per heavy atom. The molecule has 1 aliphatic heterocycles. The number of fused-ring (bicyclic) bond motifs is 1. The second-order valence-corrected chi connectivity index (χ2v) is 7.30. The second kappa shape index (κ2) is 6.36. The van der Waals surface area contributed by atoms with Crippen LogP contribution in [-0.2, 0) is 9.53 Å². The van der Waals surface area contributed by atoms with Crippen molar-refractivity contribution in [1.82, 2.24) is 9.88 Å². The van der Waals surface area contributed by atoms with Gasteiger partial charge in [0.1, 0.15) is 0 Å². The van der Waals surface area contributed by atoms with Gasteiger partial charge in [-0.05, 0) is 44.4 Å². The molecule has 0 spiro atoms. The first-order valence-corrected chi connectivity index (χ1v) is 8.99. The lowest BCUT2D eigenvalue weighted by atomic mass is 9.99. The van der Waals surface area contributed by atoms with Crippen molar-refractivity contribution < 1.29 is 19.4 Å². The summed E-state index contributed by atoms with van der Waals surface area (Å²) in [5.74, 6) is -0.741. The Morgan fingerprint density at radius 1 is 1.23 bits per heavy atom. The molecule has 2 heterocycles. The van der Waals surface area contributed by atoms with Crippen LogP contribution in [0.4, 0.5) is 0 Å². The molecule has 1 aliphatic carbocycles. The summed E-state index contributed by atoms with van der Waals surface area (Å²) in [4.78, 5) is 30.9. The standard InChI is InChI=1S/C20H22N2O4/c1-11-7-12(2)18-14(8-11)15(9-16(21-18)13-3-4-13)19(23)22-5-6-26-17(10-22)20(24)25/h7-9,13,17H,3-6,10H2,1-2H3,(H,24,25). The summed E-state index contributed by atoms with van der Waals surface area (Å²) in [7, 11) is 0. The summed E-state index contributed by atoms with van der Waals surface area (Å²) >= 11 is 0. The van der Waals surface area contributed by atoms with Crippen LogP contribution in [0.25, 0.3) is 10.9 Å². The number of amides is 1. The monoisotopic (exact) mass is 354 g/mol. The number of nitrogens with zero attached hydrogens (tertiary/aromatic N) is 2. The number of morpholine rings is 1. The van der Waals surface area contributed by atoms with Gasteiger partial charge in [-0.25, -0.2) is 4.79 Å². The third kappa shape index (κ3) is 3.05. The Morgan fingerprint density at radius 2 is 2.00 bits per heavy atom. The van der Waals surface area contributed by atoms with Crippen LogP contribution in [0.3, 0.4) is 0 Å². The number of aliphatic carboxylic acids is 1. The van der Waals surface area contributed by atoms with E-state index >= 15 is 0 Å². The summed E-state index contributed by atoms with van der Waals surface area (Å²) in [5.41, 5.74) is 4.59. The Labute approximate surface area is 151 Å².